The van der Waals surface area contributed by atoms with Crippen molar-refractivity contribution < 1.29 is 14.3 Å². The first-order chi connectivity index (χ1) is 9.72. The number of aromatic nitrogens is 3. The third-order valence-electron chi connectivity index (χ3n) is 2.85. The number of rotatable bonds is 7. The lowest BCUT2D eigenvalue weighted by Crippen LogP contribution is -2.12. The molecule has 6 nitrogen and oxygen atoms in total. The second-order valence-corrected chi connectivity index (χ2v) is 5.24. The topological polar surface area (TPSA) is 66.2 Å². The number of hydrogen-bond donors (Lipinski definition) is 0. The fourth-order valence-corrected chi connectivity index (χ4v) is 2.42. The Labute approximate surface area is 121 Å². The maximum Gasteiger partial charge on any atom is 0.360 e. The predicted molar refractivity (Wildman–Crippen MR) is 74.9 cm³/mol. The van der Waals surface area contributed by atoms with Crippen LogP contribution in [0.2, 0.25) is 0 Å². The number of aryl methyl sites for hydroxylation is 2. The van der Waals surface area contributed by atoms with Gasteiger partial charge in [0.1, 0.15) is 6.61 Å². The standard InChI is InChI=1S/C13H17N3O3S/c1-10-12(13(17)19-8-7-18-2)14-15-16(10)6-5-11-4-3-9-20-11/h3-4,9H,5-8H2,1-2H3. The van der Waals surface area contributed by atoms with Crippen LogP contribution in [0.1, 0.15) is 21.1 Å². The van der Waals surface area contributed by atoms with Crippen molar-refractivity contribution in [2.24, 2.45) is 0 Å². The van der Waals surface area contributed by atoms with Crippen LogP contribution < -0.4 is 0 Å². The normalized spacial score (nSPS) is 10.7. The Morgan fingerprint density at radius 1 is 1.45 bits per heavy atom. The van der Waals surface area contributed by atoms with E-state index in [2.05, 4.69) is 16.4 Å². The molecule has 2 rings (SSSR count). The van der Waals surface area contributed by atoms with Crippen LogP contribution in [0.3, 0.4) is 0 Å². The van der Waals surface area contributed by atoms with Crippen LogP contribution in [0, 0.1) is 6.92 Å². The molecule has 0 saturated carbocycles. The number of carbonyl (C=O) groups is 1. The first kappa shape index (κ1) is 14.7. The summed E-state index contributed by atoms with van der Waals surface area (Å²) >= 11 is 1.71. The minimum absolute atomic E-state index is 0.219. The van der Waals surface area contributed by atoms with Gasteiger partial charge in [-0.05, 0) is 18.4 Å². The van der Waals surface area contributed by atoms with E-state index in [1.165, 1.54) is 4.88 Å². The molecule has 0 bridgehead atoms. The smallest absolute Gasteiger partial charge is 0.360 e. The zero-order valence-electron chi connectivity index (χ0n) is 11.5. The molecule has 0 saturated heterocycles. The van der Waals surface area contributed by atoms with Crippen LogP contribution in [-0.4, -0.2) is 41.3 Å². The quantitative estimate of drug-likeness (QED) is 0.574. The molecule has 0 aliphatic heterocycles. The third-order valence-corrected chi connectivity index (χ3v) is 3.78. The molecule has 0 aromatic carbocycles. The van der Waals surface area contributed by atoms with Gasteiger partial charge in [0.25, 0.3) is 0 Å². The lowest BCUT2D eigenvalue weighted by molar-refractivity contribution is 0.0380. The van der Waals surface area contributed by atoms with Crippen LogP contribution in [0.15, 0.2) is 17.5 Å². The van der Waals surface area contributed by atoms with E-state index in [4.69, 9.17) is 9.47 Å². The summed E-state index contributed by atoms with van der Waals surface area (Å²) in [6, 6.07) is 4.10. The summed E-state index contributed by atoms with van der Waals surface area (Å²) in [5.74, 6) is -0.457. The van der Waals surface area contributed by atoms with E-state index in [0.717, 1.165) is 12.1 Å². The zero-order chi connectivity index (χ0) is 14.4. The Morgan fingerprint density at radius 3 is 3.00 bits per heavy atom. The van der Waals surface area contributed by atoms with Crippen molar-refractivity contribution in [2.75, 3.05) is 20.3 Å². The summed E-state index contributed by atoms with van der Waals surface area (Å²) in [6.07, 6.45) is 0.875. The highest BCUT2D eigenvalue weighted by Gasteiger charge is 2.17. The molecule has 0 spiro atoms. The van der Waals surface area contributed by atoms with Crippen molar-refractivity contribution in [3.8, 4) is 0 Å². The second kappa shape index (κ2) is 7.16. The van der Waals surface area contributed by atoms with Crippen molar-refractivity contribution in [3.05, 3.63) is 33.8 Å². The molecule has 108 valence electrons. The van der Waals surface area contributed by atoms with Gasteiger partial charge in [-0.2, -0.15) is 0 Å². The number of carbonyl (C=O) groups excluding carboxylic acids is 1. The molecule has 0 radical (unpaired) electrons. The minimum atomic E-state index is -0.457. The van der Waals surface area contributed by atoms with Gasteiger partial charge in [0.15, 0.2) is 5.69 Å². The molecule has 0 fully saturated rings. The van der Waals surface area contributed by atoms with Gasteiger partial charge in [-0.1, -0.05) is 11.3 Å². The highest BCUT2D eigenvalue weighted by molar-refractivity contribution is 7.09. The lowest BCUT2D eigenvalue weighted by atomic mass is 10.3. The zero-order valence-corrected chi connectivity index (χ0v) is 12.4. The van der Waals surface area contributed by atoms with Gasteiger partial charge in [0.2, 0.25) is 0 Å². The SMILES string of the molecule is COCCOC(=O)c1nnn(CCc2cccs2)c1C. The maximum absolute atomic E-state index is 11.8. The number of ether oxygens (including phenoxy) is 2. The molecule has 20 heavy (non-hydrogen) atoms. The Kier molecular flexibility index (Phi) is 5.25. The maximum atomic E-state index is 11.8. The summed E-state index contributed by atoms with van der Waals surface area (Å²) in [6.45, 7) is 3.11. The second-order valence-electron chi connectivity index (χ2n) is 4.20. The molecule has 0 aliphatic carbocycles. The molecule has 0 N–H and O–H groups in total. The van der Waals surface area contributed by atoms with E-state index in [-0.39, 0.29) is 12.3 Å². The van der Waals surface area contributed by atoms with Gasteiger partial charge in [-0.3, -0.25) is 0 Å². The van der Waals surface area contributed by atoms with E-state index >= 15 is 0 Å². The number of esters is 1. The van der Waals surface area contributed by atoms with Gasteiger partial charge in [-0.25, -0.2) is 9.48 Å². The van der Waals surface area contributed by atoms with Crippen LogP contribution >= 0.6 is 11.3 Å². The van der Waals surface area contributed by atoms with Gasteiger partial charge in [-0.15, -0.1) is 16.4 Å². The number of methoxy groups -OCH3 is 1. The van der Waals surface area contributed by atoms with Crippen molar-refractivity contribution in [1.82, 2.24) is 15.0 Å². The molecule has 2 aromatic rings. The monoisotopic (exact) mass is 295 g/mol. The van der Waals surface area contributed by atoms with E-state index in [0.29, 0.717) is 13.2 Å². The molecule has 0 amide bonds. The Balaban J connectivity index is 1.94. The summed E-state index contributed by atoms with van der Waals surface area (Å²) in [4.78, 5) is 13.1. The van der Waals surface area contributed by atoms with E-state index in [1.807, 2.05) is 18.4 Å². The molecule has 0 unspecified atom stereocenters. The summed E-state index contributed by atoms with van der Waals surface area (Å²) in [7, 11) is 1.56. The minimum Gasteiger partial charge on any atom is -0.458 e. The molecular formula is C13H17N3O3S. The lowest BCUT2D eigenvalue weighted by Gasteiger charge is -2.03. The van der Waals surface area contributed by atoms with E-state index < -0.39 is 5.97 Å². The Hall–Kier alpha value is -1.73. The average Bonchev–Trinajstić information content (AvgIpc) is 3.06. The highest BCUT2D eigenvalue weighted by Crippen LogP contribution is 2.12. The third kappa shape index (κ3) is 3.64. The number of thiophene rings is 1. The Bertz CT molecular complexity index is 551. The first-order valence-corrected chi connectivity index (χ1v) is 7.19. The molecule has 0 aliphatic rings. The van der Waals surface area contributed by atoms with E-state index in [9.17, 15) is 4.79 Å². The van der Waals surface area contributed by atoms with Crippen molar-refractivity contribution >= 4 is 17.3 Å². The molecule has 7 heteroatoms. The number of hydrogen-bond acceptors (Lipinski definition) is 6. The van der Waals surface area contributed by atoms with Crippen molar-refractivity contribution in [1.29, 1.82) is 0 Å². The fraction of sp³-hybridized carbons (Fsp3) is 0.462. The van der Waals surface area contributed by atoms with Gasteiger partial charge in [0.05, 0.1) is 12.3 Å². The van der Waals surface area contributed by atoms with Crippen molar-refractivity contribution in [3.63, 3.8) is 0 Å². The highest BCUT2D eigenvalue weighted by atomic mass is 32.1. The molecule has 0 atom stereocenters. The van der Waals surface area contributed by atoms with Crippen LogP contribution in [-0.2, 0) is 22.4 Å². The number of nitrogens with zero attached hydrogens (tertiary/aromatic N) is 3. The van der Waals surface area contributed by atoms with Gasteiger partial charge >= 0.3 is 5.97 Å². The molecule has 2 aromatic heterocycles. The van der Waals surface area contributed by atoms with E-state index in [1.54, 1.807) is 23.1 Å². The van der Waals surface area contributed by atoms with Gasteiger partial charge in [0, 0.05) is 25.0 Å². The predicted octanol–water partition coefficient (Wildman–Crippen LogP) is 1.69. The summed E-state index contributed by atoms with van der Waals surface area (Å²) < 4.78 is 11.6. The average molecular weight is 295 g/mol. The van der Waals surface area contributed by atoms with Crippen LogP contribution in [0.25, 0.3) is 0 Å². The largest absolute Gasteiger partial charge is 0.458 e. The summed E-state index contributed by atoms with van der Waals surface area (Å²) in [5, 5.41) is 9.94. The van der Waals surface area contributed by atoms with Crippen LogP contribution in [0.4, 0.5) is 0 Å². The van der Waals surface area contributed by atoms with Crippen LogP contribution in [0.5, 0.6) is 0 Å². The first-order valence-electron chi connectivity index (χ1n) is 6.31. The molecule has 2 heterocycles. The van der Waals surface area contributed by atoms with Crippen molar-refractivity contribution in [2.45, 2.75) is 19.9 Å². The fourth-order valence-electron chi connectivity index (χ4n) is 1.72. The summed E-state index contributed by atoms with van der Waals surface area (Å²) in [5.41, 5.74) is 0.997. The van der Waals surface area contributed by atoms with Gasteiger partial charge < -0.3 is 9.47 Å². The molecular weight excluding hydrogens is 278 g/mol. The Morgan fingerprint density at radius 2 is 2.30 bits per heavy atom.